The summed E-state index contributed by atoms with van der Waals surface area (Å²) in [4.78, 5) is 23.5. The van der Waals surface area contributed by atoms with E-state index in [1.165, 1.54) is 0 Å². The first-order valence-corrected chi connectivity index (χ1v) is 8.10. The first-order chi connectivity index (χ1) is 11.6. The number of ether oxygens (including phenoxy) is 2. The molecule has 0 aromatic heterocycles. The van der Waals surface area contributed by atoms with Gasteiger partial charge in [-0.2, -0.15) is 0 Å². The third-order valence-corrected chi connectivity index (χ3v) is 3.71. The van der Waals surface area contributed by atoms with Crippen molar-refractivity contribution in [2.24, 2.45) is 11.7 Å². The Labute approximate surface area is 142 Å². The second kappa shape index (κ2) is 9.67. The minimum atomic E-state index is -0.821. The molecular weight excluding hydrogens is 306 g/mol. The van der Waals surface area contributed by atoms with Crippen molar-refractivity contribution in [3.63, 3.8) is 0 Å². The van der Waals surface area contributed by atoms with Gasteiger partial charge in [-0.25, -0.2) is 0 Å². The lowest BCUT2D eigenvalue weighted by molar-refractivity contribution is -0.148. The lowest BCUT2D eigenvalue weighted by Crippen LogP contribution is -2.33. The van der Waals surface area contributed by atoms with Crippen LogP contribution in [0, 0.1) is 5.92 Å². The van der Waals surface area contributed by atoms with Crippen molar-refractivity contribution in [3.05, 3.63) is 60.2 Å². The van der Waals surface area contributed by atoms with Crippen LogP contribution in [0.1, 0.15) is 24.8 Å². The number of carbonyl (C=O) groups is 2. The fraction of sp³-hybridized carbons (Fsp3) is 0.368. The van der Waals surface area contributed by atoms with Crippen LogP contribution in [0.25, 0.3) is 0 Å². The number of benzene rings is 1. The van der Waals surface area contributed by atoms with Crippen LogP contribution < -0.4 is 5.73 Å². The molecule has 0 radical (unpaired) electrons. The highest BCUT2D eigenvalue weighted by Gasteiger charge is 2.18. The minimum absolute atomic E-state index is 0.105. The van der Waals surface area contributed by atoms with Gasteiger partial charge < -0.3 is 15.2 Å². The number of rotatable bonds is 8. The van der Waals surface area contributed by atoms with Crippen LogP contribution in [0.5, 0.6) is 0 Å². The van der Waals surface area contributed by atoms with Crippen molar-refractivity contribution in [3.8, 4) is 0 Å². The normalized spacial score (nSPS) is 17.3. The predicted molar refractivity (Wildman–Crippen MR) is 90.8 cm³/mol. The number of hydrogen-bond donors (Lipinski definition) is 1. The highest BCUT2D eigenvalue weighted by molar-refractivity contribution is 5.77. The molecule has 1 aliphatic carbocycles. The maximum absolute atomic E-state index is 11.8. The Morgan fingerprint density at radius 2 is 1.96 bits per heavy atom. The molecule has 0 bridgehead atoms. The lowest BCUT2D eigenvalue weighted by atomic mass is 10.0. The molecule has 0 spiro atoms. The zero-order valence-corrected chi connectivity index (χ0v) is 13.6. The molecule has 5 nitrogen and oxygen atoms in total. The van der Waals surface area contributed by atoms with Crippen LogP contribution in [0.15, 0.2) is 54.6 Å². The van der Waals surface area contributed by atoms with Crippen LogP contribution in [-0.4, -0.2) is 24.6 Å². The number of carbonyl (C=O) groups excluding carboxylic acids is 2. The molecule has 2 atom stereocenters. The summed E-state index contributed by atoms with van der Waals surface area (Å²) in [6.45, 7) is 0.534. The lowest BCUT2D eigenvalue weighted by Gasteiger charge is -2.14. The molecule has 0 fully saturated rings. The highest BCUT2D eigenvalue weighted by Crippen LogP contribution is 2.12. The van der Waals surface area contributed by atoms with Crippen molar-refractivity contribution < 1.29 is 19.1 Å². The van der Waals surface area contributed by atoms with Crippen LogP contribution >= 0.6 is 0 Å². The summed E-state index contributed by atoms with van der Waals surface area (Å²) in [5.74, 6) is -0.625. The summed E-state index contributed by atoms with van der Waals surface area (Å²) in [6, 6.07) is 8.55. The molecule has 0 amide bonds. The third-order valence-electron chi connectivity index (χ3n) is 3.71. The molecule has 2 rings (SSSR count). The largest absolute Gasteiger partial charge is 0.465 e. The molecule has 1 aliphatic rings. The SMILES string of the molecule is N[C@@H](CCC(=O)OCC1C=CC=CC1)C(=O)OCc1ccccc1. The van der Waals surface area contributed by atoms with Gasteiger partial charge in [-0.15, -0.1) is 0 Å². The van der Waals surface area contributed by atoms with Crippen molar-refractivity contribution in [2.45, 2.75) is 31.9 Å². The molecule has 24 heavy (non-hydrogen) atoms. The average Bonchev–Trinajstić information content (AvgIpc) is 2.64. The van der Waals surface area contributed by atoms with E-state index in [1.807, 2.05) is 54.6 Å². The Hall–Kier alpha value is -2.40. The first kappa shape index (κ1) is 17.9. The Balaban J connectivity index is 1.61. The molecular formula is C19H23NO4. The highest BCUT2D eigenvalue weighted by atomic mass is 16.5. The first-order valence-electron chi connectivity index (χ1n) is 8.10. The Kier molecular flexibility index (Phi) is 7.23. The van der Waals surface area contributed by atoms with Crippen molar-refractivity contribution in [1.82, 2.24) is 0 Å². The van der Waals surface area contributed by atoms with E-state index in [1.54, 1.807) is 0 Å². The van der Waals surface area contributed by atoms with Gasteiger partial charge in [0.1, 0.15) is 12.6 Å². The molecule has 128 valence electrons. The van der Waals surface area contributed by atoms with Gasteiger partial charge in [0.25, 0.3) is 0 Å². The molecule has 5 heteroatoms. The van der Waals surface area contributed by atoms with Gasteiger partial charge in [0.2, 0.25) is 0 Å². The van der Waals surface area contributed by atoms with Crippen LogP contribution in [-0.2, 0) is 25.7 Å². The second-order valence-electron chi connectivity index (χ2n) is 5.73. The van der Waals surface area contributed by atoms with Gasteiger partial charge in [-0.3, -0.25) is 9.59 Å². The van der Waals surface area contributed by atoms with Crippen LogP contribution in [0.4, 0.5) is 0 Å². The maximum Gasteiger partial charge on any atom is 0.323 e. The van der Waals surface area contributed by atoms with Crippen LogP contribution in [0.2, 0.25) is 0 Å². The Morgan fingerprint density at radius 3 is 2.67 bits per heavy atom. The number of hydrogen-bond acceptors (Lipinski definition) is 5. The van der Waals surface area contributed by atoms with Crippen LogP contribution in [0.3, 0.4) is 0 Å². The van der Waals surface area contributed by atoms with Gasteiger partial charge in [-0.1, -0.05) is 54.6 Å². The summed E-state index contributed by atoms with van der Waals surface area (Å²) in [7, 11) is 0. The van der Waals surface area contributed by atoms with E-state index in [2.05, 4.69) is 0 Å². The predicted octanol–water partition coefficient (Wildman–Crippen LogP) is 2.51. The summed E-state index contributed by atoms with van der Waals surface area (Å²) < 4.78 is 10.4. The van der Waals surface area contributed by atoms with Crippen molar-refractivity contribution in [2.75, 3.05) is 6.61 Å². The Morgan fingerprint density at radius 1 is 1.17 bits per heavy atom. The molecule has 0 saturated carbocycles. The number of esters is 2. The fourth-order valence-electron chi connectivity index (χ4n) is 2.25. The van der Waals surface area contributed by atoms with E-state index in [4.69, 9.17) is 15.2 Å². The van der Waals surface area contributed by atoms with E-state index in [0.717, 1.165) is 12.0 Å². The van der Waals surface area contributed by atoms with Crippen molar-refractivity contribution >= 4 is 11.9 Å². The number of nitrogens with two attached hydrogens (primary N) is 1. The minimum Gasteiger partial charge on any atom is -0.465 e. The molecule has 2 N–H and O–H groups in total. The monoisotopic (exact) mass is 329 g/mol. The van der Waals surface area contributed by atoms with Gasteiger partial charge >= 0.3 is 11.9 Å². The van der Waals surface area contributed by atoms with Crippen molar-refractivity contribution in [1.29, 1.82) is 0 Å². The van der Waals surface area contributed by atoms with Gasteiger partial charge in [0, 0.05) is 12.3 Å². The third kappa shape index (κ3) is 6.38. The smallest absolute Gasteiger partial charge is 0.323 e. The summed E-state index contributed by atoms with van der Waals surface area (Å²) >= 11 is 0. The van der Waals surface area contributed by atoms with Gasteiger partial charge in [-0.05, 0) is 18.4 Å². The Bertz CT molecular complexity index is 595. The fourth-order valence-corrected chi connectivity index (χ4v) is 2.25. The van der Waals surface area contributed by atoms with E-state index in [-0.39, 0.29) is 31.3 Å². The second-order valence-corrected chi connectivity index (χ2v) is 5.73. The average molecular weight is 329 g/mol. The van der Waals surface area contributed by atoms with E-state index < -0.39 is 12.0 Å². The van der Waals surface area contributed by atoms with Gasteiger partial charge in [0.05, 0.1) is 6.61 Å². The standard InChI is InChI=1S/C19H23NO4/c20-17(19(22)24-14-16-9-5-2-6-10-16)11-12-18(21)23-13-15-7-3-1-4-8-15/h1-7,9-10,15,17H,8,11-14,20H2/t15?,17-/m0/s1. The molecule has 1 aromatic carbocycles. The molecule has 0 aliphatic heterocycles. The molecule has 1 unspecified atom stereocenters. The summed E-state index contributed by atoms with van der Waals surface area (Å²) in [5, 5.41) is 0. The van der Waals surface area contributed by atoms with Gasteiger partial charge in [0.15, 0.2) is 0 Å². The number of allylic oxidation sites excluding steroid dienone is 3. The maximum atomic E-state index is 11.8. The molecule has 0 saturated heterocycles. The summed E-state index contributed by atoms with van der Waals surface area (Å²) in [6.07, 6.45) is 9.16. The summed E-state index contributed by atoms with van der Waals surface area (Å²) in [5.41, 5.74) is 6.66. The topological polar surface area (TPSA) is 78.6 Å². The zero-order valence-electron chi connectivity index (χ0n) is 13.6. The van der Waals surface area contributed by atoms with E-state index >= 15 is 0 Å². The zero-order chi connectivity index (χ0) is 17.2. The quantitative estimate of drug-likeness (QED) is 0.741. The molecule has 0 heterocycles. The van der Waals surface area contributed by atoms with E-state index in [9.17, 15) is 9.59 Å². The molecule has 1 aromatic rings. The van der Waals surface area contributed by atoms with E-state index in [0.29, 0.717) is 6.61 Å².